The topological polar surface area (TPSA) is 76.1 Å². The van der Waals surface area contributed by atoms with Crippen molar-refractivity contribution in [1.82, 2.24) is 10.3 Å². The highest BCUT2D eigenvalue weighted by Gasteiger charge is 2.39. The van der Waals surface area contributed by atoms with E-state index in [1.807, 2.05) is 22.2 Å². The Kier molecular flexibility index (Phi) is 4.09. The van der Waals surface area contributed by atoms with Crippen LogP contribution in [0.5, 0.6) is 0 Å². The summed E-state index contributed by atoms with van der Waals surface area (Å²) >= 11 is 3.12. The molecule has 2 aromatic rings. The molecule has 5 nitrogen and oxygen atoms in total. The Labute approximate surface area is 137 Å². The van der Waals surface area contributed by atoms with Crippen LogP contribution in [-0.2, 0) is 21.1 Å². The zero-order valence-electron chi connectivity index (χ0n) is 12.0. The van der Waals surface area contributed by atoms with E-state index in [-0.39, 0.29) is 23.8 Å². The maximum absolute atomic E-state index is 12.1. The van der Waals surface area contributed by atoms with Gasteiger partial charge in [0.25, 0.3) is 0 Å². The van der Waals surface area contributed by atoms with E-state index in [4.69, 9.17) is 0 Å². The first-order chi connectivity index (χ1) is 10.4. The summed E-state index contributed by atoms with van der Waals surface area (Å²) in [6, 6.07) is 2.00. The summed E-state index contributed by atoms with van der Waals surface area (Å²) in [5.41, 5.74) is 1.13. The molecule has 22 heavy (non-hydrogen) atoms. The fourth-order valence-electron chi connectivity index (χ4n) is 2.56. The fraction of sp³-hybridized carbons (Fsp3) is 0.429. The fourth-order valence-corrected chi connectivity index (χ4v) is 6.19. The molecule has 0 bridgehead atoms. The highest BCUT2D eigenvalue weighted by Crippen LogP contribution is 2.26. The summed E-state index contributed by atoms with van der Waals surface area (Å²) in [7, 11) is -3.03. The van der Waals surface area contributed by atoms with Gasteiger partial charge in [0.1, 0.15) is 5.01 Å². The summed E-state index contributed by atoms with van der Waals surface area (Å²) in [6.45, 7) is 1.79. The number of thiazole rings is 1. The normalized spacial score (nSPS) is 23.5. The smallest absolute Gasteiger partial charge is 0.226 e. The molecule has 1 unspecified atom stereocenters. The van der Waals surface area contributed by atoms with Crippen LogP contribution in [0, 0.1) is 0 Å². The summed E-state index contributed by atoms with van der Waals surface area (Å²) in [4.78, 5) is 16.6. The zero-order chi connectivity index (χ0) is 15.8. The van der Waals surface area contributed by atoms with E-state index in [2.05, 4.69) is 10.3 Å². The number of nitrogens with zero attached hydrogens (tertiary/aromatic N) is 1. The van der Waals surface area contributed by atoms with Crippen molar-refractivity contribution in [2.75, 3.05) is 11.5 Å². The molecular formula is C14H16N2O3S3. The molecule has 1 aliphatic heterocycles. The molecule has 0 radical (unpaired) electrons. The minimum atomic E-state index is -3.03. The first kappa shape index (κ1) is 15.6. The van der Waals surface area contributed by atoms with Gasteiger partial charge in [0, 0.05) is 16.3 Å². The predicted molar refractivity (Wildman–Crippen MR) is 88.9 cm³/mol. The van der Waals surface area contributed by atoms with Gasteiger partial charge in [-0.3, -0.25) is 4.79 Å². The number of amides is 1. The number of rotatable bonds is 4. The molecule has 0 saturated carbocycles. The maximum atomic E-state index is 12.1. The number of hydrogen-bond donors (Lipinski definition) is 1. The van der Waals surface area contributed by atoms with Gasteiger partial charge in [0.15, 0.2) is 9.84 Å². The summed E-state index contributed by atoms with van der Waals surface area (Å²) in [6.07, 6.45) is 0.647. The Morgan fingerprint density at radius 1 is 1.45 bits per heavy atom. The van der Waals surface area contributed by atoms with E-state index < -0.39 is 15.4 Å². The Bertz CT molecular complexity index is 780. The minimum Gasteiger partial charge on any atom is -0.350 e. The molecule has 1 amide bonds. The quantitative estimate of drug-likeness (QED) is 0.910. The van der Waals surface area contributed by atoms with E-state index in [0.29, 0.717) is 12.1 Å². The SMILES string of the molecule is CC1(NC(=O)Cc2csc(-c3ccsc3)n2)CCS(=O)(=O)C1. The molecule has 0 aromatic carbocycles. The van der Waals surface area contributed by atoms with Crippen LogP contribution in [-0.4, -0.2) is 36.4 Å². The standard InChI is InChI=1S/C14H16N2O3S3/c1-14(3-5-22(18,19)9-14)16-12(17)6-11-8-21-13(15-11)10-2-4-20-7-10/h2,4,7-8H,3,5-6,9H2,1H3,(H,16,17). The first-order valence-corrected chi connectivity index (χ1v) is 10.5. The summed E-state index contributed by atoms with van der Waals surface area (Å²) in [5.74, 6) is -0.0204. The minimum absolute atomic E-state index is 0.0168. The van der Waals surface area contributed by atoms with Crippen LogP contribution in [0.2, 0.25) is 0 Å². The molecule has 1 aliphatic rings. The molecule has 2 aromatic heterocycles. The van der Waals surface area contributed by atoms with E-state index in [1.165, 1.54) is 11.3 Å². The van der Waals surface area contributed by atoms with Gasteiger partial charge in [-0.05, 0) is 24.8 Å². The number of aromatic nitrogens is 1. The second-order valence-electron chi connectivity index (χ2n) is 5.78. The Morgan fingerprint density at radius 3 is 2.91 bits per heavy atom. The van der Waals surface area contributed by atoms with Gasteiger partial charge in [-0.15, -0.1) is 11.3 Å². The molecule has 0 spiro atoms. The van der Waals surface area contributed by atoms with Crippen molar-refractivity contribution >= 4 is 38.4 Å². The van der Waals surface area contributed by atoms with Crippen LogP contribution in [0.15, 0.2) is 22.2 Å². The average molecular weight is 356 g/mol. The molecule has 3 heterocycles. The van der Waals surface area contributed by atoms with Crippen LogP contribution in [0.1, 0.15) is 19.0 Å². The van der Waals surface area contributed by atoms with E-state index in [9.17, 15) is 13.2 Å². The van der Waals surface area contributed by atoms with Gasteiger partial charge in [0.05, 0.1) is 29.2 Å². The number of carbonyl (C=O) groups is 1. The number of hydrogen-bond acceptors (Lipinski definition) is 6. The average Bonchev–Trinajstić information content (AvgIpc) is 3.09. The molecule has 118 valence electrons. The van der Waals surface area contributed by atoms with Crippen LogP contribution >= 0.6 is 22.7 Å². The third kappa shape index (κ3) is 3.56. The van der Waals surface area contributed by atoms with Gasteiger partial charge in [0.2, 0.25) is 5.91 Å². The van der Waals surface area contributed by atoms with Gasteiger partial charge >= 0.3 is 0 Å². The molecule has 8 heteroatoms. The number of thiophene rings is 1. The van der Waals surface area contributed by atoms with E-state index in [0.717, 1.165) is 10.6 Å². The monoisotopic (exact) mass is 356 g/mol. The highest BCUT2D eigenvalue weighted by atomic mass is 32.2. The Hall–Kier alpha value is -1.25. The van der Waals surface area contributed by atoms with Crippen molar-refractivity contribution in [2.45, 2.75) is 25.3 Å². The lowest BCUT2D eigenvalue weighted by molar-refractivity contribution is -0.121. The number of carbonyl (C=O) groups excluding carboxylic acids is 1. The molecule has 1 fully saturated rings. The lowest BCUT2D eigenvalue weighted by atomic mass is 10.0. The van der Waals surface area contributed by atoms with Crippen LogP contribution < -0.4 is 5.32 Å². The van der Waals surface area contributed by atoms with Gasteiger partial charge in [-0.1, -0.05) is 0 Å². The lowest BCUT2D eigenvalue weighted by Crippen LogP contribution is -2.47. The van der Waals surface area contributed by atoms with Gasteiger partial charge in [-0.25, -0.2) is 13.4 Å². The molecule has 0 aliphatic carbocycles. The largest absolute Gasteiger partial charge is 0.350 e. The van der Waals surface area contributed by atoms with Crippen molar-refractivity contribution in [3.05, 3.63) is 27.9 Å². The predicted octanol–water partition coefficient (Wildman–Crippen LogP) is 2.11. The third-order valence-electron chi connectivity index (χ3n) is 3.61. The zero-order valence-corrected chi connectivity index (χ0v) is 14.5. The lowest BCUT2D eigenvalue weighted by Gasteiger charge is -2.23. The molecule has 3 rings (SSSR count). The molecule has 1 N–H and O–H groups in total. The number of nitrogens with one attached hydrogen (secondary N) is 1. The Balaban J connectivity index is 1.63. The van der Waals surface area contributed by atoms with Gasteiger partial charge in [-0.2, -0.15) is 11.3 Å². The van der Waals surface area contributed by atoms with Crippen molar-refractivity contribution in [3.8, 4) is 10.6 Å². The van der Waals surface area contributed by atoms with Crippen molar-refractivity contribution in [2.24, 2.45) is 0 Å². The third-order valence-corrected chi connectivity index (χ3v) is 7.13. The second-order valence-corrected chi connectivity index (χ2v) is 9.61. The summed E-state index contributed by atoms with van der Waals surface area (Å²) in [5, 5.41) is 9.64. The molecule has 1 saturated heterocycles. The molecule has 1 atom stereocenters. The van der Waals surface area contributed by atoms with Crippen LogP contribution in [0.4, 0.5) is 0 Å². The van der Waals surface area contributed by atoms with Crippen molar-refractivity contribution < 1.29 is 13.2 Å². The Morgan fingerprint density at radius 2 is 2.27 bits per heavy atom. The van der Waals surface area contributed by atoms with Crippen molar-refractivity contribution in [3.63, 3.8) is 0 Å². The van der Waals surface area contributed by atoms with Crippen molar-refractivity contribution in [1.29, 1.82) is 0 Å². The van der Waals surface area contributed by atoms with E-state index >= 15 is 0 Å². The maximum Gasteiger partial charge on any atom is 0.226 e. The highest BCUT2D eigenvalue weighted by molar-refractivity contribution is 7.91. The number of sulfone groups is 1. The first-order valence-electron chi connectivity index (χ1n) is 6.84. The van der Waals surface area contributed by atoms with Crippen LogP contribution in [0.3, 0.4) is 0 Å². The molecular weight excluding hydrogens is 340 g/mol. The second kappa shape index (κ2) is 5.75. The van der Waals surface area contributed by atoms with Crippen LogP contribution in [0.25, 0.3) is 10.6 Å². The summed E-state index contributed by atoms with van der Waals surface area (Å²) < 4.78 is 23.1. The van der Waals surface area contributed by atoms with E-state index in [1.54, 1.807) is 18.3 Å². The van der Waals surface area contributed by atoms with Gasteiger partial charge < -0.3 is 5.32 Å².